The third-order valence-corrected chi connectivity index (χ3v) is 4.15. The van der Waals surface area contributed by atoms with Crippen LogP contribution in [-0.2, 0) is 16.1 Å². The van der Waals surface area contributed by atoms with Crippen molar-refractivity contribution in [3.8, 4) is 0 Å². The van der Waals surface area contributed by atoms with Crippen molar-refractivity contribution in [2.75, 3.05) is 0 Å². The fourth-order valence-corrected chi connectivity index (χ4v) is 2.26. The number of esters is 1. The molecule has 1 aromatic carbocycles. The molecule has 0 bridgehead atoms. The number of nitrogens with zero attached hydrogens (tertiary/aromatic N) is 1. The summed E-state index contributed by atoms with van der Waals surface area (Å²) in [5.41, 5.74) is 0.870. The van der Waals surface area contributed by atoms with Gasteiger partial charge in [-0.15, -0.1) is 0 Å². The van der Waals surface area contributed by atoms with E-state index in [1.54, 1.807) is 18.2 Å². The van der Waals surface area contributed by atoms with E-state index >= 15 is 0 Å². The molecule has 1 aromatic heterocycles. The third kappa shape index (κ3) is 4.84. The lowest BCUT2D eigenvalue weighted by Gasteiger charge is -2.14. The van der Waals surface area contributed by atoms with Crippen LogP contribution >= 0.6 is 34.8 Å². The minimum Gasteiger partial charge on any atom is -0.449 e. The molecule has 0 saturated carbocycles. The number of hydrogen-bond donors (Lipinski definition) is 1. The van der Waals surface area contributed by atoms with Crippen molar-refractivity contribution in [1.29, 1.82) is 0 Å². The number of halogens is 3. The zero-order chi connectivity index (χ0) is 17.7. The van der Waals surface area contributed by atoms with Gasteiger partial charge in [-0.25, -0.2) is 9.78 Å². The topological polar surface area (TPSA) is 68.3 Å². The normalized spacial score (nSPS) is 11.7. The van der Waals surface area contributed by atoms with Crippen LogP contribution in [0.15, 0.2) is 36.5 Å². The summed E-state index contributed by atoms with van der Waals surface area (Å²) < 4.78 is 5.09. The van der Waals surface area contributed by atoms with E-state index in [4.69, 9.17) is 39.5 Å². The van der Waals surface area contributed by atoms with Crippen molar-refractivity contribution in [2.24, 2.45) is 0 Å². The van der Waals surface area contributed by atoms with Crippen LogP contribution in [0.4, 0.5) is 0 Å². The van der Waals surface area contributed by atoms with Crippen LogP contribution in [0.5, 0.6) is 0 Å². The lowest BCUT2D eigenvalue weighted by molar-refractivity contribution is -0.129. The Labute approximate surface area is 153 Å². The van der Waals surface area contributed by atoms with Crippen molar-refractivity contribution < 1.29 is 14.3 Å². The second-order valence-corrected chi connectivity index (χ2v) is 6.03. The van der Waals surface area contributed by atoms with Crippen LogP contribution in [0.3, 0.4) is 0 Å². The Balaban J connectivity index is 1.92. The zero-order valence-electron chi connectivity index (χ0n) is 12.6. The van der Waals surface area contributed by atoms with E-state index in [2.05, 4.69) is 10.3 Å². The fraction of sp³-hybridized carbons (Fsp3) is 0.188. The average Bonchev–Trinajstić information content (AvgIpc) is 2.56. The fourth-order valence-electron chi connectivity index (χ4n) is 1.78. The predicted molar refractivity (Wildman–Crippen MR) is 92.4 cm³/mol. The number of aromatic nitrogens is 1. The van der Waals surface area contributed by atoms with Crippen LogP contribution in [0.25, 0.3) is 0 Å². The molecule has 1 unspecified atom stereocenters. The maximum Gasteiger partial charge on any atom is 0.340 e. The minimum absolute atomic E-state index is 0.0822. The van der Waals surface area contributed by atoms with Crippen LogP contribution in [0, 0.1) is 0 Å². The molecule has 1 amide bonds. The Bertz CT molecular complexity index is 768. The van der Waals surface area contributed by atoms with E-state index in [0.717, 1.165) is 5.56 Å². The lowest BCUT2D eigenvalue weighted by Crippen LogP contribution is -2.35. The number of carbonyl (C=O) groups is 2. The Morgan fingerprint density at radius 3 is 2.58 bits per heavy atom. The second kappa shape index (κ2) is 8.33. The van der Waals surface area contributed by atoms with Gasteiger partial charge in [0.15, 0.2) is 6.10 Å². The summed E-state index contributed by atoms with van der Waals surface area (Å²) in [6.45, 7) is 1.69. The van der Waals surface area contributed by atoms with E-state index in [9.17, 15) is 9.59 Å². The molecule has 0 radical (unpaired) electrons. The Morgan fingerprint density at radius 1 is 1.21 bits per heavy atom. The molecule has 8 heteroatoms. The summed E-state index contributed by atoms with van der Waals surface area (Å²) in [7, 11) is 0. The van der Waals surface area contributed by atoms with Gasteiger partial charge in [0.25, 0.3) is 5.91 Å². The van der Waals surface area contributed by atoms with Crippen molar-refractivity contribution >= 4 is 46.7 Å². The first-order chi connectivity index (χ1) is 11.4. The van der Waals surface area contributed by atoms with Crippen LogP contribution in [0.2, 0.25) is 15.2 Å². The first-order valence-corrected chi connectivity index (χ1v) is 8.05. The quantitative estimate of drug-likeness (QED) is 0.624. The summed E-state index contributed by atoms with van der Waals surface area (Å²) in [4.78, 5) is 27.8. The van der Waals surface area contributed by atoms with Gasteiger partial charge in [-0.1, -0.05) is 53.0 Å². The zero-order valence-corrected chi connectivity index (χ0v) is 14.8. The largest absolute Gasteiger partial charge is 0.449 e. The molecule has 1 N–H and O–H groups in total. The number of hydrogen-bond acceptors (Lipinski definition) is 4. The van der Waals surface area contributed by atoms with Crippen molar-refractivity contribution in [3.63, 3.8) is 0 Å². The second-order valence-electron chi connectivity index (χ2n) is 4.85. The molecular formula is C16H13Cl3N2O3. The molecule has 2 aromatic rings. The van der Waals surface area contributed by atoms with E-state index in [0.29, 0.717) is 5.02 Å². The van der Waals surface area contributed by atoms with Crippen LogP contribution in [-0.4, -0.2) is 23.0 Å². The van der Waals surface area contributed by atoms with Gasteiger partial charge in [0, 0.05) is 17.8 Å². The highest BCUT2D eigenvalue weighted by Crippen LogP contribution is 2.20. The average molecular weight is 388 g/mol. The van der Waals surface area contributed by atoms with E-state index in [-0.39, 0.29) is 22.3 Å². The number of rotatable bonds is 5. The number of amides is 1. The first-order valence-electron chi connectivity index (χ1n) is 6.91. The number of pyridine rings is 1. The highest BCUT2D eigenvalue weighted by atomic mass is 35.5. The Morgan fingerprint density at radius 2 is 1.92 bits per heavy atom. The summed E-state index contributed by atoms with van der Waals surface area (Å²) in [6.07, 6.45) is 0.236. The molecule has 126 valence electrons. The van der Waals surface area contributed by atoms with Crippen LogP contribution in [0.1, 0.15) is 22.8 Å². The number of benzene rings is 1. The molecular weight excluding hydrogens is 375 g/mol. The van der Waals surface area contributed by atoms with Gasteiger partial charge in [-0.2, -0.15) is 0 Å². The molecule has 0 aliphatic rings. The SMILES string of the molecule is CC(OC(=O)c1cnc(Cl)c(Cl)c1)C(=O)NCc1ccccc1Cl. The predicted octanol–water partition coefficient (Wildman–Crippen LogP) is 3.90. The number of ether oxygens (including phenoxy) is 1. The first kappa shape index (κ1) is 18.5. The molecule has 0 saturated heterocycles. The molecule has 0 aliphatic heterocycles. The maximum atomic E-state index is 12.0. The standard InChI is InChI=1S/C16H13Cl3N2O3/c1-9(15(22)21-7-10-4-2-3-5-12(10)17)24-16(23)11-6-13(18)14(19)20-8-11/h2-6,8-9H,7H2,1H3,(H,21,22). The molecule has 0 fully saturated rings. The lowest BCUT2D eigenvalue weighted by atomic mass is 10.2. The van der Waals surface area contributed by atoms with Crippen molar-refractivity contribution in [1.82, 2.24) is 10.3 Å². The Kier molecular flexibility index (Phi) is 6.43. The highest BCUT2D eigenvalue weighted by molar-refractivity contribution is 6.41. The smallest absolute Gasteiger partial charge is 0.340 e. The monoisotopic (exact) mass is 386 g/mol. The summed E-state index contributed by atoms with van der Waals surface area (Å²) in [6, 6.07) is 8.45. The molecule has 1 atom stereocenters. The van der Waals surface area contributed by atoms with Gasteiger partial charge in [-0.05, 0) is 24.6 Å². The summed E-state index contributed by atoms with van der Waals surface area (Å²) >= 11 is 17.5. The molecule has 2 rings (SSSR count). The maximum absolute atomic E-state index is 12.0. The Hall–Kier alpha value is -1.82. The third-order valence-electron chi connectivity index (χ3n) is 3.10. The van der Waals surface area contributed by atoms with Gasteiger partial charge in [-0.3, -0.25) is 4.79 Å². The van der Waals surface area contributed by atoms with Gasteiger partial charge in [0.2, 0.25) is 0 Å². The van der Waals surface area contributed by atoms with E-state index in [1.807, 2.05) is 6.07 Å². The van der Waals surface area contributed by atoms with Gasteiger partial charge < -0.3 is 10.1 Å². The highest BCUT2D eigenvalue weighted by Gasteiger charge is 2.19. The van der Waals surface area contributed by atoms with Crippen molar-refractivity contribution in [3.05, 3.63) is 62.9 Å². The van der Waals surface area contributed by atoms with Gasteiger partial charge in [0.1, 0.15) is 5.15 Å². The summed E-state index contributed by atoms with van der Waals surface area (Å²) in [5, 5.41) is 3.41. The number of nitrogens with one attached hydrogen (secondary N) is 1. The van der Waals surface area contributed by atoms with Crippen LogP contribution < -0.4 is 5.32 Å². The minimum atomic E-state index is -0.991. The molecule has 24 heavy (non-hydrogen) atoms. The van der Waals surface area contributed by atoms with Gasteiger partial charge >= 0.3 is 5.97 Å². The molecule has 0 spiro atoms. The molecule has 1 heterocycles. The van der Waals surface area contributed by atoms with E-state index in [1.165, 1.54) is 19.2 Å². The van der Waals surface area contributed by atoms with Gasteiger partial charge in [0.05, 0.1) is 10.6 Å². The van der Waals surface area contributed by atoms with E-state index < -0.39 is 18.0 Å². The van der Waals surface area contributed by atoms with Crippen molar-refractivity contribution in [2.45, 2.75) is 19.6 Å². The summed E-state index contributed by atoms with van der Waals surface area (Å²) in [5.74, 6) is -1.17. The number of carbonyl (C=O) groups excluding carboxylic acids is 2. The molecule has 0 aliphatic carbocycles. The molecule has 5 nitrogen and oxygen atoms in total.